The zero-order chi connectivity index (χ0) is 14.1. The van der Waals surface area contributed by atoms with Crippen molar-refractivity contribution in [2.45, 2.75) is 13.5 Å². The van der Waals surface area contributed by atoms with Crippen LogP contribution in [-0.2, 0) is 11.3 Å². The van der Waals surface area contributed by atoms with E-state index in [1.807, 2.05) is 24.3 Å². The molecule has 0 atom stereocenters. The Morgan fingerprint density at radius 3 is 2.37 bits per heavy atom. The summed E-state index contributed by atoms with van der Waals surface area (Å²) in [5.41, 5.74) is 1.12. The van der Waals surface area contributed by atoms with Crippen LogP contribution in [0.4, 0.5) is 0 Å². The van der Waals surface area contributed by atoms with E-state index < -0.39 is 0 Å². The number of carbonyl (C=O) groups excluding carboxylic acids is 1. The average Bonchev–Trinajstić information content (AvgIpc) is 2.41. The molecule has 0 bridgehead atoms. The molecule has 1 amide bonds. The molecule has 0 aromatic heterocycles. The number of methoxy groups -OCH3 is 1. The van der Waals surface area contributed by atoms with Gasteiger partial charge in [0.05, 0.1) is 7.11 Å². The highest BCUT2D eigenvalue weighted by atomic mass is 32.1. The molecule has 104 valence electrons. The predicted octanol–water partition coefficient (Wildman–Crippen LogP) is 0.795. The summed E-state index contributed by atoms with van der Waals surface area (Å²) >= 11 is 5.12. The van der Waals surface area contributed by atoms with Crippen molar-refractivity contribution in [2.75, 3.05) is 20.2 Å². The Hall–Kier alpha value is -1.82. The second-order valence-corrected chi connectivity index (χ2v) is 4.35. The van der Waals surface area contributed by atoms with Crippen LogP contribution in [0.2, 0.25) is 0 Å². The molecule has 1 aromatic rings. The highest BCUT2D eigenvalue weighted by molar-refractivity contribution is 7.80. The Balaban J connectivity index is 2.20. The van der Waals surface area contributed by atoms with Crippen LogP contribution >= 0.6 is 12.2 Å². The lowest BCUT2D eigenvalue weighted by molar-refractivity contribution is -0.118. The number of ether oxygens (including phenoxy) is 1. The molecule has 0 fully saturated rings. The van der Waals surface area contributed by atoms with Gasteiger partial charge in [0.1, 0.15) is 5.75 Å². The van der Waals surface area contributed by atoms with Gasteiger partial charge in [0.25, 0.3) is 0 Å². The third kappa shape index (κ3) is 6.61. The Morgan fingerprint density at radius 2 is 1.79 bits per heavy atom. The van der Waals surface area contributed by atoms with Gasteiger partial charge in [0.2, 0.25) is 5.91 Å². The quantitative estimate of drug-likeness (QED) is 0.532. The summed E-state index contributed by atoms with van der Waals surface area (Å²) in [5.74, 6) is 0.790. The van der Waals surface area contributed by atoms with Gasteiger partial charge < -0.3 is 20.7 Å². The first kappa shape index (κ1) is 15.2. The van der Waals surface area contributed by atoms with Crippen molar-refractivity contribution >= 4 is 23.2 Å². The second kappa shape index (κ2) is 8.31. The van der Waals surface area contributed by atoms with Crippen LogP contribution in [0.1, 0.15) is 12.5 Å². The maximum atomic E-state index is 10.7. The number of rotatable bonds is 6. The summed E-state index contributed by atoms with van der Waals surface area (Å²) in [6.45, 7) is 3.30. The van der Waals surface area contributed by atoms with Crippen LogP contribution in [-0.4, -0.2) is 31.2 Å². The van der Waals surface area contributed by atoms with Gasteiger partial charge in [-0.3, -0.25) is 4.79 Å². The number of benzene rings is 1. The summed E-state index contributed by atoms with van der Waals surface area (Å²) in [6.07, 6.45) is 0. The molecule has 0 spiro atoms. The maximum absolute atomic E-state index is 10.7. The van der Waals surface area contributed by atoms with Crippen molar-refractivity contribution < 1.29 is 9.53 Å². The van der Waals surface area contributed by atoms with Crippen LogP contribution in [0.3, 0.4) is 0 Å². The van der Waals surface area contributed by atoms with Gasteiger partial charge in [0.15, 0.2) is 5.11 Å². The summed E-state index contributed by atoms with van der Waals surface area (Å²) in [7, 11) is 1.64. The van der Waals surface area contributed by atoms with E-state index in [1.165, 1.54) is 6.92 Å². The Labute approximate surface area is 118 Å². The minimum absolute atomic E-state index is 0.0427. The molecule has 0 unspecified atom stereocenters. The average molecular weight is 281 g/mol. The molecular weight excluding hydrogens is 262 g/mol. The Kier molecular flexibility index (Phi) is 6.67. The lowest BCUT2D eigenvalue weighted by atomic mass is 10.2. The largest absolute Gasteiger partial charge is 0.497 e. The van der Waals surface area contributed by atoms with Crippen LogP contribution < -0.4 is 20.7 Å². The Bertz CT molecular complexity index is 420. The van der Waals surface area contributed by atoms with Crippen molar-refractivity contribution in [3.05, 3.63) is 29.8 Å². The molecule has 3 N–H and O–H groups in total. The van der Waals surface area contributed by atoms with E-state index in [0.717, 1.165) is 11.3 Å². The fourth-order valence-corrected chi connectivity index (χ4v) is 1.58. The summed E-state index contributed by atoms with van der Waals surface area (Å²) in [5, 5.41) is 9.36. The third-order valence-corrected chi connectivity index (χ3v) is 2.69. The molecule has 0 aliphatic heterocycles. The molecule has 0 aliphatic carbocycles. The molecule has 1 aromatic carbocycles. The number of amides is 1. The van der Waals surface area contributed by atoms with Gasteiger partial charge in [0, 0.05) is 26.6 Å². The lowest BCUT2D eigenvalue weighted by Crippen LogP contribution is -2.39. The van der Waals surface area contributed by atoms with Gasteiger partial charge in [-0.2, -0.15) is 0 Å². The zero-order valence-corrected chi connectivity index (χ0v) is 12.0. The molecule has 0 saturated carbocycles. The standard InChI is InChI=1S/C13H19N3O2S/c1-10(17)14-7-8-15-13(19)16-9-11-3-5-12(18-2)6-4-11/h3-6H,7-9H2,1-2H3,(H,14,17)(H2,15,16,19). The van der Waals surface area contributed by atoms with Gasteiger partial charge in [-0.25, -0.2) is 0 Å². The van der Waals surface area contributed by atoms with Crippen molar-refractivity contribution in [2.24, 2.45) is 0 Å². The molecule has 0 radical (unpaired) electrons. The molecule has 0 saturated heterocycles. The maximum Gasteiger partial charge on any atom is 0.216 e. The minimum Gasteiger partial charge on any atom is -0.497 e. The van der Waals surface area contributed by atoms with Crippen LogP contribution in [0.5, 0.6) is 5.75 Å². The van der Waals surface area contributed by atoms with Gasteiger partial charge >= 0.3 is 0 Å². The van der Waals surface area contributed by atoms with Crippen molar-refractivity contribution in [3.8, 4) is 5.75 Å². The molecule has 5 nitrogen and oxygen atoms in total. The SMILES string of the molecule is COc1ccc(CNC(=S)NCCNC(C)=O)cc1. The topological polar surface area (TPSA) is 62.4 Å². The van der Waals surface area contributed by atoms with E-state index in [2.05, 4.69) is 16.0 Å². The summed E-state index contributed by atoms with van der Waals surface area (Å²) in [4.78, 5) is 10.7. The second-order valence-electron chi connectivity index (χ2n) is 3.94. The molecule has 0 aliphatic rings. The van der Waals surface area contributed by atoms with Gasteiger partial charge in [-0.15, -0.1) is 0 Å². The van der Waals surface area contributed by atoms with Crippen LogP contribution in [0, 0.1) is 0 Å². The summed E-state index contributed by atoms with van der Waals surface area (Å²) < 4.78 is 5.09. The fourth-order valence-electron chi connectivity index (χ4n) is 1.40. The van der Waals surface area contributed by atoms with Crippen LogP contribution in [0.25, 0.3) is 0 Å². The molecule has 6 heteroatoms. The van der Waals surface area contributed by atoms with Crippen molar-refractivity contribution in [3.63, 3.8) is 0 Å². The monoisotopic (exact) mass is 281 g/mol. The van der Waals surface area contributed by atoms with Crippen molar-refractivity contribution in [1.82, 2.24) is 16.0 Å². The van der Waals surface area contributed by atoms with E-state index in [4.69, 9.17) is 17.0 Å². The smallest absolute Gasteiger partial charge is 0.216 e. The number of hydrogen-bond acceptors (Lipinski definition) is 3. The predicted molar refractivity (Wildman–Crippen MR) is 79.1 cm³/mol. The first-order chi connectivity index (χ1) is 9.11. The lowest BCUT2D eigenvalue weighted by Gasteiger charge is -2.11. The molecule has 19 heavy (non-hydrogen) atoms. The van der Waals surface area contributed by atoms with Gasteiger partial charge in [-0.05, 0) is 29.9 Å². The van der Waals surface area contributed by atoms with Crippen LogP contribution in [0.15, 0.2) is 24.3 Å². The molecular formula is C13H19N3O2S. The van der Waals surface area contributed by atoms with Gasteiger partial charge in [-0.1, -0.05) is 12.1 Å². The number of nitrogens with one attached hydrogen (secondary N) is 3. The van der Waals surface area contributed by atoms with E-state index in [0.29, 0.717) is 24.7 Å². The highest BCUT2D eigenvalue weighted by Crippen LogP contribution is 2.10. The molecule has 0 heterocycles. The van der Waals surface area contributed by atoms with E-state index >= 15 is 0 Å². The van der Waals surface area contributed by atoms with Crippen molar-refractivity contribution in [1.29, 1.82) is 0 Å². The number of thiocarbonyl (C=S) groups is 1. The van der Waals surface area contributed by atoms with E-state index in [-0.39, 0.29) is 5.91 Å². The Morgan fingerprint density at radius 1 is 1.16 bits per heavy atom. The van der Waals surface area contributed by atoms with E-state index in [1.54, 1.807) is 7.11 Å². The normalized spacial score (nSPS) is 9.58. The highest BCUT2D eigenvalue weighted by Gasteiger charge is 1.97. The first-order valence-corrected chi connectivity index (χ1v) is 6.41. The number of carbonyl (C=O) groups is 1. The zero-order valence-electron chi connectivity index (χ0n) is 11.2. The first-order valence-electron chi connectivity index (χ1n) is 6.01. The summed E-state index contributed by atoms with van der Waals surface area (Å²) in [6, 6.07) is 7.77. The fraction of sp³-hybridized carbons (Fsp3) is 0.385. The minimum atomic E-state index is -0.0427. The molecule has 1 rings (SSSR count). The van der Waals surface area contributed by atoms with E-state index in [9.17, 15) is 4.79 Å². The number of hydrogen-bond donors (Lipinski definition) is 3. The third-order valence-electron chi connectivity index (χ3n) is 2.40.